The van der Waals surface area contributed by atoms with Gasteiger partial charge in [-0.3, -0.25) is 29.5 Å². The Labute approximate surface area is 269 Å². The summed E-state index contributed by atoms with van der Waals surface area (Å²) >= 11 is 6.27. The van der Waals surface area contributed by atoms with Gasteiger partial charge in [-0.05, 0) is 73.2 Å². The SMILES string of the molecule is Cc1cccn2c(=O)c(/C=N/Nc3ccc([N+](=O)[O-])cc3S(=O)(=O)Nc3ccc(Cl)cc3)c(Nc3ccc(SC(F)F)cc3)nc12. The smallest absolute Gasteiger partial charge is 0.288 e. The first-order valence-corrected chi connectivity index (χ1v) is 15.8. The molecule has 17 heteroatoms. The predicted molar refractivity (Wildman–Crippen MR) is 174 cm³/mol. The third-order valence-corrected chi connectivity index (χ3v) is 8.76. The van der Waals surface area contributed by atoms with Crippen molar-refractivity contribution in [2.75, 3.05) is 15.5 Å². The number of benzene rings is 3. The number of aryl methyl sites for hydroxylation is 1. The minimum Gasteiger partial charge on any atom is -0.339 e. The Balaban J connectivity index is 1.52. The Hall–Kier alpha value is -5.06. The topological polar surface area (TPSA) is 160 Å². The van der Waals surface area contributed by atoms with Gasteiger partial charge in [-0.2, -0.15) is 13.9 Å². The van der Waals surface area contributed by atoms with Crippen LogP contribution in [0.1, 0.15) is 11.1 Å². The highest BCUT2D eigenvalue weighted by molar-refractivity contribution is 7.99. The van der Waals surface area contributed by atoms with E-state index in [0.29, 0.717) is 38.6 Å². The molecule has 0 saturated heterocycles. The molecule has 3 aromatic carbocycles. The summed E-state index contributed by atoms with van der Waals surface area (Å²) in [4.78, 5) is 28.7. The molecule has 0 atom stereocenters. The van der Waals surface area contributed by atoms with Crippen LogP contribution in [0.4, 0.5) is 37.3 Å². The molecule has 5 aromatic rings. The van der Waals surface area contributed by atoms with E-state index in [0.717, 1.165) is 18.3 Å². The number of pyridine rings is 1. The Bertz CT molecular complexity index is 2130. The van der Waals surface area contributed by atoms with Crippen LogP contribution in [-0.2, 0) is 10.0 Å². The highest BCUT2D eigenvalue weighted by Gasteiger charge is 2.23. The first kappa shape index (κ1) is 32.3. The number of non-ortho nitro benzene ring substituents is 1. The van der Waals surface area contributed by atoms with Crippen LogP contribution in [0.5, 0.6) is 0 Å². The lowest BCUT2D eigenvalue weighted by atomic mass is 10.2. The van der Waals surface area contributed by atoms with Crippen LogP contribution in [0.15, 0.2) is 105 Å². The molecule has 0 spiro atoms. The molecule has 0 unspecified atom stereocenters. The van der Waals surface area contributed by atoms with E-state index in [2.05, 4.69) is 25.6 Å². The summed E-state index contributed by atoms with van der Waals surface area (Å²) in [5.74, 6) is -2.50. The van der Waals surface area contributed by atoms with Crippen LogP contribution in [-0.4, -0.2) is 34.7 Å². The van der Waals surface area contributed by atoms with Crippen molar-refractivity contribution < 1.29 is 22.1 Å². The number of hydrogen-bond donors (Lipinski definition) is 3. The van der Waals surface area contributed by atoms with Crippen LogP contribution in [0.25, 0.3) is 5.65 Å². The molecule has 0 saturated carbocycles. The van der Waals surface area contributed by atoms with Gasteiger partial charge in [-0.15, -0.1) is 0 Å². The molecule has 0 aliphatic heterocycles. The van der Waals surface area contributed by atoms with Crippen molar-refractivity contribution in [2.45, 2.75) is 22.5 Å². The van der Waals surface area contributed by atoms with Gasteiger partial charge in [0.1, 0.15) is 21.9 Å². The molecule has 0 radical (unpaired) electrons. The Morgan fingerprint density at radius 2 is 1.76 bits per heavy atom. The number of alkyl halides is 2. The number of thioether (sulfide) groups is 1. The number of hydrogen-bond acceptors (Lipinski definition) is 10. The van der Waals surface area contributed by atoms with Gasteiger partial charge in [-0.25, -0.2) is 13.4 Å². The number of rotatable bonds is 11. The second-order valence-electron chi connectivity index (χ2n) is 9.51. The second kappa shape index (κ2) is 13.5. The van der Waals surface area contributed by atoms with Gasteiger partial charge in [-0.1, -0.05) is 29.4 Å². The molecule has 2 heterocycles. The van der Waals surface area contributed by atoms with Crippen LogP contribution >= 0.6 is 23.4 Å². The summed E-state index contributed by atoms with van der Waals surface area (Å²) in [6.07, 6.45) is 2.64. The highest BCUT2D eigenvalue weighted by atomic mass is 35.5. The quantitative estimate of drug-likeness (QED) is 0.0583. The molecule has 3 N–H and O–H groups in total. The minimum atomic E-state index is -4.38. The average Bonchev–Trinajstić information content (AvgIpc) is 3.01. The fourth-order valence-corrected chi connectivity index (χ4v) is 6.07. The summed E-state index contributed by atoms with van der Waals surface area (Å²) in [5, 5.41) is 18.9. The average molecular weight is 686 g/mol. The molecular weight excluding hydrogens is 664 g/mol. The number of nitrogens with zero attached hydrogens (tertiary/aromatic N) is 4. The molecule has 0 bridgehead atoms. The van der Waals surface area contributed by atoms with Gasteiger partial charge in [0.25, 0.3) is 27.0 Å². The lowest BCUT2D eigenvalue weighted by molar-refractivity contribution is -0.385. The minimum absolute atomic E-state index is 0.0350. The van der Waals surface area contributed by atoms with Gasteiger partial charge in [0.15, 0.2) is 0 Å². The van der Waals surface area contributed by atoms with Crippen molar-refractivity contribution in [1.82, 2.24) is 9.38 Å². The Morgan fingerprint density at radius 1 is 1.07 bits per heavy atom. The number of nitro groups is 1. The first-order chi connectivity index (χ1) is 21.9. The summed E-state index contributed by atoms with van der Waals surface area (Å²) in [6.45, 7) is 1.77. The van der Waals surface area contributed by atoms with E-state index >= 15 is 0 Å². The maximum Gasteiger partial charge on any atom is 0.288 e. The zero-order valence-corrected chi connectivity index (χ0v) is 25.9. The van der Waals surface area contributed by atoms with E-state index < -0.39 is 36.8 Å². The Kier molecular flexibility index (Phi) is 9.50. The van der Waals surface area contributed by atoms with Crippen LogP contribution < -0.4 is 21.0 Å². The van der Waals surface area contributed by atoms with Gasteiger partial charge in [0.05, 0.1) is 16.8 Å². The first-order valence-electron chi connectivity index (χ1n) is 13.1. The molecule has 236 valence electrons. The largest absolute Gasteiger partial charge is 0.339 e. The highest BCUT2D eigenvalue weighted by Crippen LogP contribution is 2.30. The number of nitrogens with one attached hydrogen (secondary N) is 3. The number of hydrazone groups is 1. The molecule has 0 fully saturated rings. The molecule has 46 heavy (non-hydrogen) atoms. The van der Waals surface area contributed by atoms with Gasteiger partial charge >= 0.3 is 0 Å². The van der Waals surface area contributed by atoms with E-state index in [1.807, 2.05) is 0 Å². The second-order valence-corrected chi connectivity index (χ2v) is 12.7. The third kappa shape index (κ3) is 7.42. The molecule has 5 rings (SSSR count). The Morgan fingerprint density at radius 3 is 2.43 bits per heavy atom. The van der Waals surface area contributed by atoms with E-state index in [9.17, 15) is 32.1 Å². The van der Waals surface area contributed by atoms with Crippen molar-refractivity contribution in [3.05, 3.63) is 122 Å². The molecule has 0 amide bonds. The number of aromatic nitrogens is 2. The van der Waals surface area contributed by atoms with Crippen LogP contribution in [0, 0.1) is 17.0 Å². The lowest BCUT2D eigenvalue weighted by Gasteiger charge is -2.13. The fourth-order valence-electron chi connectivity index (χ4n) is 4.21. The van der Waals surface area contributed by atoms with Crippen molar-refractivity contribution in [2.24, 2.45) is 5.10 Å². The number of halogens is 3. The molecule has 0 aliphatic carbocycles. The van der Waals surface area contributed by atoms with Crippen molar-refractivity contribution in [3.63, 3.8) is 0 Å². The zero-order valence-electron chi connectivity index (χ0n) is 23.5. The number of anilines is 4. The standard InChI is InChI=1S/C29H22ClF2N7O5S2/c1-17-3-2-14-38-27(17)35-26(34-19-8-11-22(12-9-19)45-29(31)32)23(28(38)40)16-33-36-24-13-10-21(39(41)42)15-25(24)46(43,44)37-20-6-4-18(30)5-7-20/h2-16,29,34,36-37H,1H3/b33-16+. The van der Waals surface area contributed by atoms with Crippen molar-refractivity contribution in [1.29, 1.82) is 0 Å². The van der Waals surface area contributed by atoms with Crippen LogP contribution in [0.3, 0.4) is 0 Å². The van der Waals surface area contributed by atoms with Gasteiger partial charge < -0.3 is 5.32 Å². The normalized spacial score (nSPS) is 11.7. The monoisotopic (exact) mass is 685 g/mol. The predicted octanol–water partition coefficient (Wildman–Crippen LogP) is 6.87. The van der Waals surface area contributed by atoms with Gasteiger partial charge in [0.2, 0.25) is 0 Å². The molecular formula is C29H22ClF2N7O5S2. The van der Waals surface area contributed by atoms with Crippen LogP contribution in [0.2, 0.25) is 5.02 Å². The van der Waals surface area contributed by atoms with Crippen molar-refractivity contribution in [3.8, 4) is 0 Å². The maximum atomic E-state index is 13.6. The summed E-state index contributed by atoms with van der Waals surface area (Å²) in [7, 11) is -4.38. The molecule has 2 aromatic heterocycles. The summed E-state index contributed by atoms with van der Waals surface area (Å²) < 4.78 is 55.8. The maximum absolute atomic E-state index is 13.6. The van der Waals surface area contributed by atoms with E-state index in [1.165, 1.54) is 53.1 Å². The number of fused-ring (bicyclic) bond motifs is 1. The number of sulfonamides is 1. The van der Waals surface area contributed by atoms with E-state index in [1.54, 1.807) is 31.2 Å². The fraction of sp³-hybridized carbons (Fsp3) is 0.0690. The van der Waals surface area contributed by atoms with Gasteiger partial charge in [0, 0.05) is 39.6 Å². The lowest BCUT2D eigenvalue weighted by Crippen LogP contribution is -2.22. The molecule has 12 nitrogen and oxygen atoms in total. The summed E-state index contributed by atoms with van der Waals surface area (Å²) in [6, 6.07) is 18.4. The number of nitro benzene ring substituents is 1. The zero-order chi connectivity index (χ0) is 33.0. The summed E-state index contributed by atoms with van der Waals surface area (Å²) in [5.41, 5.74) is 3.04. The molecule has 0 aliphatic rings. The third-order valence-electron chi connectivity index (χ3n) is 6.37. The van der Waals surface area contributed by atoms with E-state index in [4.69, 9.17) is 11.6 Å². The van der Waals surface area contributed by atoms with Crippen molar-refractivity contribution >= 4 is 73.8 Å². The van der Waals surface area contributed by atoms with E-state index in [-0.39, 0.29) is 22.8 Å².